The summed E-state index contributed by atoms with van der Waals surface area (Å²) in [5, 5.41) is 24.9. The number of hydrogen-bond acceptors (Lipinski definition) is 8. The summed E-state index contributed by atoms with van der Waals surface area (Å²) in [6, 6.07) is 12.7. The zero-order valence-electron chi connectivity index (χ0n) is 37.9. The lowest BCUT2D eigenvalue weighted by atomic mass is 9.91. The number of nitrogens with zero attached hydrogens (tertiary/aromatic N) is 3. The molecule has 0 radical (unpaired) electrons. The minimum atomic E-state index is -1.14. The molecule has 8 atom stereocenters. The summed E-state index contributed by atoms with van der Waals surface area (Å²) in [6.07, 6.45) is 2.76. The summed E-state index contributed by atoms with van der Waals surface area (Å²) in [7, 11) is 5.12. The smallest absolute Gasteiger partial charge is 0.335 e. The van der Waals surface area contributed by atoms with E-state index in [0.717, 1.165) is 24.0 Å². The molecule has 4 N–H and O–H groups in total. The molecule has 1 heterocycles. The van der Waals surface area contributed by atoms with Gasteiger partial charge in [0.15, 0.2) is 0 Å². The molecular weight excluding hydrogens is 779 g/mol. The second-order valence-electron chi connectivity index (χ2n) is 17.5. The van der Waals surface area contributed by atoms with Crippen molar-refractivity contribution in [1.29, 1.82) is 0 Å². The van der Waals surface area contributed by atoms with E-state index in [-0.39, 0.29) is 66.0 Å². The highest BCUT2D eigenvalue weighted by molar-refractivity contribution is 5.90. The molecule has 1 unspecified atom stereocenters. The molecule has 2 aromatic rings. The van der Waals surface area contributed by atoms with E-state index in [4.69, 9.17) is 4.74 Å². The summed E-state index contributed by atoms with van der Waals surface area (Å²) in [5.41, 5.74) is 1.95. The highest BCUT2D eigenvalue weighted by atomic mass is 16.5. The molecule has 1 aliphatic rings. The maximum atomic E-state index is 14.3. The molecule has 338 valence electrons. The van der Waals surface area contributed by atoms with E-state index in [2.05, 4.69) is 17.6 Å². The number of likely N-dealkylation sites (N-methyl/N-ethyl adjacent to an activating group) is 2. The fraction of sp³-hybridized carbons (Fsp3) is 0.617. The van der Waals surface area contributed by atoms with Crippen LogP contribution in [0.15, 0.2) is 54.6 Å². The predicted octanol–water partition coefficient (Wildman–Crippen LogP) is 5.13. The summed E-state index contributed by atoms with van der Waals surface area (Å²) in [5.74, 6) is -4.15. The van der Waals surface area contributed by atoms with Gasteiger partial charge in [-0.15, -0.1) is 0 Å². The van der Waals surface area contributed by atoms with E-state index in [9.17, 15) is 39.0 Å². The molecule has 1 aliphatic heterocycles. The molecular formula is C47H71N5O9. The zero-order chi connectivity index (χ0) is 45.6. The Bertz CT molecular complexity index is 1750. The van der Waals surface area contributed by atoms with Crippen molar-refractivity contribution in [3.8, 4) is 0 Å². The SMILES string of the molecule is CC[C@H](C)[C@@H](CCC(=O)N1CCC[C@H]1[C@H](OC)[C@@H](C)C(=O)N[C@@H](Cc1ccccc1)C(=O)O)N(C)C(=O)[C@@H](NC(=O)C(C(C)C)N(C)CCc1ccc(C(=O)O)cc1)C(C)C. The van der Waals surface area contributed by atoms with Gasteiger partial charge in [-0.1, -0.05) is 97.4 Å². The third-order valence-corrected chi connectivity index (χ3v) is 12.4. The molecule has 1 saturated heterocycles. The number of aromatic carboxylic acids is 1. The Morgan fingerprint density at radius 3 is 2.03 bits per heavy atom. The average molecular weight is 850 g/mol. The fourth-order valence-electron chi connectivity index (χ4n) is 8.59. The van der Waals surface area contributed by atoms with E-state index < -0.39 is 48.0 Å². The lowest BCUT2D eigenvalue weighted by Gasteiger charge is -2.38. The molecule has 3 rings (SSSR count). The molecule has 2 aromatic carbocycles. The molecule has 0 spiro atoms. The van der Waals surface area contributed by atoms with Crippen molar-refractivity contribution in [1.82, 2.24) is 25.3 Å². The van der Waals surface area contributed by atoms with Crippen molar-refractivity contribution in [2.24, 2.45) is 23.7 Å². The predicted molar refractivity (Wildman–Crippen MR) is 235 cm³/mol. The van der Waals surface area contributed by atoms with E-state index >= 15 is 0 Å². The van der Waals surface area contributed by atoms with Gasteiger partial charge in [-0.05, 0) is 73.7 Å². The Morgan fingerprint density at radius 2 is 1.49 bits per heavy atom. The first-order valence-electron chi connectivity index (χ1n) is 21.8. The van der Waals surface area contributed by atoms with Crippen LogP contribution in [0.3, 0.4) is 0 Å². The molecule has 1 fully saturated rings. The normalized spacial score (nSPS) is 17.6. The van der Waals surface area contributed by atoms with Crippen molar-refractivity contribution in [2.75, 3.05) is 34.3 Å². The molecule has 0 aromatic heterocycles. The van der Waals surface area contributed by atoms with Gasteiger partial charge in [-0.2, -0.15) is 0 Å². The molecule has 14 nitrogen and oxygen atoms in total. The number of nitrogens with one attached hydrogen (secondary N) is 2. The number of ether oxygens (including phenoxy) is 1. The van der Waals surface area contributed by atoms with Gasteiger partial charge in [-0.25, -0.2) is 9.59 Å². The Kier molecular flexibility index (Phi) is 19.9. The molecule has 14 heteroatoms. The van der Waals surface area contributed by atoms with Crippen LogP contribution >= 0.6 is 0 Å². The third kappa shape index (κ3) is 14.1. The van der Waals surface area contributed by atoms with Crippen LogP contribution in [0.25, 0.3) is 0 Å². The van der Waals surface area contributed by atoms with E-state index in [1.807, 2.05) is 76.9 Å². The number of carboxylic acid groups (broad SMARTS) is 2. The Labute approximate surface area is 362 Å². The van der Waals surface area contributed by atoms with Crippen LogP contribution in [0, 0.1) is 23.7 Å². The molecule has 0 bridgehead atoms. The Hall–Kier alpha value is -4.82. The van der Waals surface area contributed by atoms with Crippen LogP contribution in [0.1, 0.15) is 102 Å². The van der Waals surface area contributed by atoms with Crippen molar-refractivity contribution >= 4 is 35.6 Å². The van der Waals surface area contributed by atoms with Crippen LogP contribution < -0.4 is 10.6 Å². The first-order chi connectivity index (χ1) is 28.8. The van der Waals surface area contributed by atoms with Gasteiger partial charge in [0.1, 0.15) is 12.1 Å². The summed E-state index contributed by atoms with van der Waals surface area (Å²) in [4.78, 5) is 84.6. The van der Waals surface area contributed by atoms with Crippen LogP contribution in [-0.4, -0.2) is 131 Å². The number of aliphatic carboxylic acids is 1. The number of rotatable bonds is 24. The standard InChI is InChI=1S/C47H71N5O9/c1-11-31(6)37(51(9)45(56)40(29(2)3)49-44(55)41(30(4)5)50(8)27-25-33-19-21-35(22-20-33)46(57)58)23-24-39(53)52-26-15-18-38(52)42(61-10)32(7)43(54)48-36(47(59)60)28-34-16-13-12-14-17-34/h12-14,16-17,19-22,29-32,36-38,40-42H,11,15,18,23-28H2,1-10H3,(H,48,54)(H,49,55)(H,57,58)(H,59,60)/t31-,32+,36-,37+,38-,40-,41?,42+/m0/s1. The van der Waals surface area contributed by atoms with Crippen LogP contribution in [0.5, 0.6) is 0 Å². The molecule has 0 saturated carbocycles. The van der Waals surface area contributed by atoms with E-state index in [1.165, 1.54) is 7.11 Å². The van der Waals surface area contributed by atoms with Crippen LogP contribution in [0.4, 0.5) is 0 Å². The monoisotopic (exact) mass is 850 g/mol. The number of carbonyl (C=O) groups is 6. The summed E-state index contributed by atoms with van der Waals surface area (Å²) >= 11 is 0. The van der Waals surface area contributed by atoms with Crippen LogP contribution in [-0.2, 0) is 41.6 Å². The number of methoxy groups -OCH3 is 1. The second-order valence-corrected chi connectivity index (χ2v) is 17.5. The highest BCUT2D eigenvalue weighted by Gasteiger charge is 2.41. The van der Waals surface area contributed by atoms with Gasteiger partial charge in [-0.3, -0.25) is 24.1 Å². The lowest BCUT2D eigenvalue weighted by molar-refractivity contribution is -0.145. The van der Waals surface area contributed by atoms with Gasteiger partial charge in [0, 0.05) is 46.1 Å². The maximum absolute atomic E-state index is 14.3. The summed E-state index contributed by atoms with van der Waals surface area (Å²) in [6.45, 7) is 14.6. The van der Waals surface area contributed by atoms with Crippen molar-refractivity contribution < 1.29 is 43.7 Å². The van der Waals surface area contributed by atoms with Gasteiger partial charge in [0.2, 0.25) is 23.6 Å². The van der Waals surface area contributed by atoms with E-state index in [1.54, 1.807) is 48.0 Å². The number of benzene rings is 2. The minimum Gasteiger partial charge on any atom is -0.480 e. The van der Waals surface area contributed by atoms with Crippen molar-refractivity contribution in [3.63, 3.8) is 0 Å². The van der Waals surface area contributed by atoms with Gasteiger partial charge in [0.05, 0.1) is 29.7 Å². The largest absolute Gasteiger partial charge is 0.480 e. The fourth-order valence-corrected chi connectivity index (χ4v) is 8.59. The first kappa shape index (κ1) is 50.5. The first-order valence-corrected chi connectivity index (χ1v) is 21.8. The minimum absolute atomic E-state index is 0.0484. The Morgan fingerprint density at radius 1 is 0.852 bits per heavy atom. The summed E-state index contributed by atoms with van der Waals surface area (Å²) < 4.78 is 5.87. The van der Waals surface area contributed by atoms with Crippen LogP contribution in [0.2, 0.25) is 0 Å². The Balaban J connectivity index is 1.68. The van der Waals surface area contributed by atoms with Crippen molar-refractivity contribution in [2.45, 2.75) is 130 Å². The molecule has 61 heavy (non-hydrogen) atoms. The number of carboxylic acids is 2. The van der Waals surface area contributed by atoms with Gasteiger partial charge in [0.25, 0.3) is 0 Å². The highest BCUT2D eigenvalue weighted by Crippen LogP contribution is 2.29. The quantitative estimate of drug-likeness (QED) is 0.110. The van der Waals surface area contributed by atoms with Crippen molar-refractivity contribution in [3.05, 3.63) is 71.3 Å². The third-order valence-electron chi connectivity index (χ3n) is 12.4. The maximum Gasteiger partial charge on any atom is 0.335 e. The number of likely N-dealkylation sites (tertiary alicyclic amines) is 1. The number of amides is 4. The topological polar surface area (TPSA) is 186 Å². The average Bonchev–Trinajstić information content (AvgIpc) is 3.71. The van der Waals surface area contributed by atoms with Gasteiger partial charge < -0.3 is 35.4 Å². The number of hydrogen-bond donors (Lipinski definition) is 4. The lowest BCUT2D eigenvalue weighted by Crippen LogP contribution is -2.58. The second kappa shape index (κ2) is 24.0. The van der Waals surface area contributed by atoms with Gasteiger partial charge >= 0.3 is 11.9 Å². The van der Waals surface area contributed by atoms with E-state index in [0.29, 0.717) is 32.4 Å². The zero-order valence-corrected chi connectivity index (χ0v) is 37.9. The molecule has 0 aliphatic carbocycles. The number of carbonyl (C=O) groups excluding carboxylic acids is 4. The molecule has 4 amide bonds.